The summed E-state index contributed by atoms with van der Waals surface area (Å²) in [5, 5.41) is 4.60. The monoisotopic (exact) mass is 352 g/mol. The van der Waals surface area contributed by atoms with Crippen LogP contribution in [0.4, 0.5) is 5.69 Å². The summed E-state index contributed by atoms with van der Waals surface area (Å²) in [4.78, 5) is 18.4. The Bertz CT molecular complexity index is 672. The number of amides is 1. The maximum Gasteiger partial charge on any atom is 0.228 e. The summed E-state index contributed by atoms with van der Waals surface area (Å²) >= 11 is 7.94. The summed E-state index contributed by atoms with van der Waals surface area (Å²) in [6.45, 7) is 6.59. The smallest absolute Gasteiger partial charge is 0.228 e. The Balaban J connectivity index is 2.28. The molecule has 124 valence electrons. The van der Waals surface area contributed by atoms with Crippen molar-refractivity contribution in [2.24, 2.45) is 0 Å². The summed E-state index contributed by atoms with van der Waals surface area (Å²) in [5.74, 6) is 0.0412. The third-order valence-electron chi connectivity index (χ3n) is 3.60. The summed E-state index contributed by atoms with van der Waals surface area (Å²) in [5.41, 5.74) is 1.42. The van der Waals surface area contributed by atoms with Crippen molar-refractivity contribution in [1.82, 2.24) is 14.8 Å². The van der Waals surface area contributed by atoms with E-state index in [0.29, 0.717) is 23.8 Å². The van der Waals surface area contributed by atoms with Crippen molar-refractivity contribution in [1.29, 1.82) is 0 Å². The van der Waals surface area contributed by atoms with Crippen molar-refractivity contribution in [2.45, 2.75) is 31.9 Å². The zero-order valence-electron chi connectivity index (χ0n) is 13.8. The fourth-order valence-corrected chi connectivity index (χ4v) is 2.66. The van der Waals surface area contributed by atoms with E-state index >= 15 is 0 Å². The van der Waals surface area contributed by atoms with E-state index < -0.39 is 0 Å². The van der Waals surface area contributed by atoms with Gasteiger partial charge in [-0.1, -0.05) is 25.4 Å². The molecule has 23 heavy (non-hydrogen) atoms. The van der Waals surface area contributed by atoms with Gasteiger partial charge in [-0.25, -0.2) is 4.68 Å². The van der Waals surface area contributed by atoms with Crippen LogP contribution in [-0.4, -0.2) is 38.2 Å². The van der Waals surface area contributed by atoms with Crippen LogP contribution in [0, 0.1) is 0 Å². The first-order chi connectivity index (χ1) is 10.9. The molecule has 0 aliphatic rings. The summed E-state index contributed by atoms with van der Waals surface area (Å²) in [7, 11) is 0. The predicted molar refractivity (Wildman–Crippen MR) is 96.6 cm³/mol. The first kappa shape index (κ1) is 17.8. The molecule has 2 aromatic heterocycles. The standard InChI is InChI=1S/C16H21ClN4OS/c1-5-20(14(22)9-16(2,3)23-4)13-11-21(19-15(13)17)12-7-6-8-18-10-12/h6-8,10-11H,5,9H2,1-4H3. The summed E-state index contributed by atoms with van der Waals surface area (Å²) < 4.78 is 1.52. The molecular weight excluding hydrogens is 332 g/mol. The van der Waals surface area contributed by atoms with E-state index in [0.717, 1.165) is 5.69 Å². The van der Waals surface area contributed by atoms with E-state index in [2.05, 4.69) is 23.9 Å². The fourth-order valence-electron chi connectivity index (χ4n) is 2.16. The maximum atomic E-state index is 12.7. The molecule has 0 unspecified atom stereocenters. The van der Waals surface area contributed by atoms with Crippen molar-refractivity contribution in [3.63, 3.8) is 0 Å². The van der Waals surface area contributed by atoms with Crippen LogP contribution in [0.1, 0.15) is 27.2 Å². The largest absolute Gasteiger partial charge is 0.308 e. The van der Waals surface area contributed by atoms with Gasteiger partial charge in [-0.05, 0) is 25.3 Å². The van der Waals surface area contributed by atoms with Gasteiger partial charge in [0, 0.05) is 23.9 Å². The molecule has 2 rings (SSSR count). The van der Waals surface area contributed by atoms with E-state index in [1.54, 1.807) is 39.9 Å². The molecule has 7 heteroatoms. The highest BCUT2D eigenvalue weighted by molar-refractivity contribution is 7.99. The molecule has 0 aliphatic heterocycles. The first-order valence-electron chi connectivity index (χ1n) is 7.39. The fraction of sp³-hybridized carbons (Fsp3) is 0.438. The Morgan fingerprint density at radius 2 is 2.22 bits per heavy atom. The van der Waals surface area contributed by atoms with Gasteiger partial charge in [0.25, 0.3) is 0 Å². The SMILES string of the molecule is CCN(C(=O)CC(C)(C)SC)c1cn(-c2cccnc2)nc1Cl. The average Bonchev–Trinajstić information content (AvgIpc) is 2.90. The number of aromatic nitrogens is 3. The van der Waals surface area contributed by atoms with Gasteiger partial charge < -0.3 is 4.90 Å². The normalized spacial score (nSPS) is 11.5. The average molecular weight is 353 g/mol. The first-order valence-corrected chi connectivity index (χ1v) is 8.99. The van der Waals surface area contributed by atoms with E-state index in [4.69, 9.17) is 11.6 Å². The van der Waals surface area contributed by atoms with E-state index in [-0.39, 0.29) is 10.7 Å². The van der Waals surface area contributed by atoms with Crippen molar-refractivity contribution in [3.05, 3.63) is 35.9 Å². The minimum atomic E-state index is -0.115. The second-order valence-corrected chi connectivity index (χ2v) is 7.61. The van der Waals surface area contributed by atoms with Crippen molar-refractivity contribution >= 4 is 35.0 Å². The van der Waals surface area contributed by atoms with Crippen molar-refractivity contribution in [3.8, 4) is 5.69 Å². The third-order valence-corrected chi connectivity index (χ3v) is 5.12. The zero-order valence-corrected chi connectivity index (χ0v) is 15.4. The molecular formula is C16H21ClN4OS. The Kier molecular flexibility index (Phi) is 5.70. The summed E-state index contributed by atoms with van der Waals surface area (Å²) in [6.07, 6.45) is 7.62. The number of hydrogen-bond donors (Lipinski definition) is 0. The van der Waals surface area contributed by atoms with Gasteiger partial charge in [0.2, 0.25) is 5.91 Å². The molecule has 5 nitrogen and oxygen atoms in total. The van der Waals surface area contributed by atoms with Gasteiger partial charge in [-0.3, -0.25) is 9.78 Å². The number of carbonyl (C=O) groups excluding carboxylic acids is 1. The molecule has 0 atom stereocenters. The molecule has 0 spiro atoms. The highest BCUT2D eigenvalue weighted by Crippen LogP contribution is 2.30. The molecule has 0 saturated carbocycles. The van der Waals surface area contributed by atoms with Gasteiger partial charge in [-0.2, -0.15) is 16.9 Å². The molecule has 1 amide bonds. The lowest BCUT2D eigenvalue weighted by molar-refractivity contribution is -0.118. The minimum Gasteiger partial charge on any atom is -0.308 e. The molecule has 2 aromatic rings. The van der Waals surface area contributed by atoms with Gasteiger partial charge in [0.15, 0.2) is 5.15 Å². The topological polar surface area (TPSA) is 51.0 Å². The van der Waals surface area contributed by atoms with E-state index in [9.17, 15) is 4.79 Å². The number of hydrogen-bond acceptors (Lipinski definition) is 4. The quantitative estimate of drug-likeness (QED) is 0.793. The van der Waals surface area contributed by atoms with E-state index in [1.165, 1.54) is 0 Å². The Hall–Kier alpha value is -1.53. The molecule has 2 heterocycles. The van der Waals surface area contributed by atoms with Crippen LogP contribution in [0.2, 0.25) is 5.15 Å². The molecule has 0 saturated heterocycles. The zero-order chi connectivity index (χ0) is 17.0. The Morgan fingerprint density at radius 1 is 1.48 bits per heavy atom. The van der Waals surface area contributed by atoms with Crippen LogP contribution in [-0.2, 0) is 4.79 Å². The maximum absolute atomic E-state index is 12.7. The van der Waals surface area contributed by atoms with Gasteiger partial charge in [-0.15, -0.1) is 0 Å². The number of nitrogens with zero attached hydrogens (tertiary/aromatic N) is 4. The van der Waals surface area contributed by atoms with Crippen LogP contribution >= 0.6 is 23.4 Å². The van der Waals surface area contributed by atoms with Gasteiger partial charge in [0.1, 0.15) is 5.69 Å². The van der Waals surface area contributed by atoms with Crippen molar-refractivity contribution in [2.75, 3.05) is 17.7 Å². The Labute approximate surface area is 146 Å². The molecule has 0 aromatic carbocycles. The van der Waals surface area contributed by atoms with Gasteiger partial charge in [0.05, 0.1) is 18.1 Å². The van der Waals surface area contributed by atoms with Crippen LogP contribution in [0.3, 0.4) is 0 Å². The number of thioether (sulfide) groups is 1. The van der Waals surface area contributed by atoms with Crippen LogP contribution < -0.4 is 4.90 Å². The minimum absolute atomic E-state index is 0.0412. The van der Waals surface area contributed by atoms with Crippen molar-refractivity contribution < 1.29 is 4.79 Å². The number of anilines is 1. The highest BCUT2D eigenvalue weighted by Gasteiger charge is 2.26. The molecule has 0 aliphatic carbocycles. The third kappa shape index (κ3) is 4.26. The molecule has 0 fully saturated rings. The molecule has 0 bridgehead atoms. The highest BCUT2D eigenvalue weighted by atomic mass is 35.5. The predicted octanol–water partition coefficient (Wildman–Crippen LogP) is 3.81. The Morgan fingerprint density at radius 3 is 2.78 bits per heavy atom. The van der Waals surface area contributed by atoms with E-state index in [1.807, 2.05) is 25.3 Å². The lowest BCUT2D eigenvalue weighted by Crippen LogP contribution is -2.35. The van der Waals surface area contributed by atoms with Crippen LogP contribution in [0.5, 0.6) is 0 Å². The van der Waals surface area contributed by atoms with Gasteiger partial charge >= 0.3 is 0 Å². The number of halogens is 1. The second-order valence-electron chi connectivity index (χ2n) is 5.74. The number of carbonyl (C=O) groups is 1. The molecule has 0 radical (unpaired) electrons. The molecule has 0 N–H and O–H groups in total. The van der Waals surface area contributed by atoms with Crippen LogP contribution in [0.15, 0.2) is 30.7 Å². The number of rotatable bonds is 6. The summed E-state index contributed by atoms with van der Waals surface area (Å²) in [6, 6.07) is 3.71. The lowest BCUT2D eigenvalue weighted by atomic mass is 10.1. The number of pyridine rings is 1. The second kappa shape index (κ2) is 7.36. The van der Waals surface area contributed by atoms with Crippen LogP contribution in [0.25, 0.3) is 5.69 Å². The lowest BCUT2D eigenvalue weighted by Gasteiger charge is -2.26.